The first-order valence-corrected chi connectivity index (χ1v) is 9.93. The summed E-state index contributed by atoms with van der Waals surface area (Å²) in [5, 5.41) is 16.4. The van der Waals surface area contributed by atoms with Gasteiger partial charge in [0.05, 0.1) is 24.3 Å². The first kappa shape index (κ1) is 21.0. The van der Waals surface area contributed by atoms with Gasteiger partial charge in [0.1, 0.15) is 0 Å². The van der Waals surface area contributed by atoms with Crippen molar-refractivity contribution in [2.24, 2.45) is 7.05 Å². The van der Waals surface area contributed by atoms with Crippen LogP contribution in [-0.2, 0) is 23.0 Å². The van der Waals surface area contributed by atoms with Gasteiger partial charge in [0.25, 0.3) is 0 Å². The summed E-state index contributed by atoms with van der Waals surface area (Å²) in [6, 6.07) is 7.62. The van der Waals surface area contributed by atoms with Crippen molar-refractivity contribution in [3.8, 4) is 5.69 Å². The molecule has 1 N–H and O–H groups in total. The second-order valence-corrected chi connectivity index (χ2v) is 7.89. The summed E-state index contributed by atoms with van der Waals surface area (Å²) >= 11 is 0. The molecule has 0 saturated carbocycles. The van der Waals surface area contributed by atoms with Gasteiger partial charge in [-0.1, -0.05) is 13.8 Å². The molecule has 0 fully saturated rings. The first-order chi connectivity index (χ1) is 14.7. The molecule has 1 atom stereocenters. The molecule has 8 heteroatoms. The van der Waals surface area contributed by atoms with E-state index in [1.807, 2.05) is 37.6 Å². The predicted molar refractivity (Wildman–Crippen MR) is 113 cm³/mol. The Hall–Kier alpha value is -3.26. The number of aryl methyl sites for hydroxylation is 1. The quantitative estimate of drug-likeness (QED) is 0.489. The van der Waals surface area contributed by atoms with Crippen LogP contribution in [0.5, 0.6) is 0 Å². The SMILES string of the molecule is COC(=O)[C@H](O)Cc1c(C(C)C)n(-c2ccc(F)c(F)c2)c2cc3cnn(C)c3cc12. The average molecular weight is 427 g/mol. The van der Waals surface area contributed by atoms with Crippen molar-refractivity contribution in [3.63, 3.8) is 0 Å². The molecular weight excluding hydrogens is 404 g/mol. The van der Waals surface area contributed by atoms with E-state index in [2.05, 4.69) is 5.10 Å². The summed E-state index contributed by atoms with van der Waals surface area (Å²) in [6.45, 7) is 3.94. The summed E-state index contributed by atoms with van der Waals surface area (Å²) in [4.78, 5) is 11.9. The van der Waals surface area contributed by atoms with Crippen molar-refractivity contribution in [3.05, 3.63) is 59.4 Å². The Bertz CT molecular complexity index is 1310. The van der Waals surface area contributed by atoms with E-state index in [1.54, 1.807) is 10.9 Å². The van der Waals surface area contributed by atoms with Crippen molar-refractivity contribution >= 4 is 27.8 Å². The van der Waals surface area contributed by atoms with Gasteiger partial charge in [-0.25, -0.2) is 13.6 Å². The maximum atomic E-state index is 14.1. The topological polar surface area (TPSA) is 69.3 Å². The average Bonchev–Trinajstić information content (AvgIpc) is 3.25. The third kappa shape index (κ3) is 3.46. The molecule has 0 spiro atoms. The number of ether oxygens (including phenoxy) is 1. The molecule has 162 valence electrons. The minimum Gasteiger partial charge on any atom is -0.467 e. The lowest BCUT2D eigenvalue weighted by molar-refractivity contribution is -0.150. The molecule has 0 unspecified atom stereocenters. The Morgan fingerprint density at radius 2 is 1.90 bits per heavy atom. The molecule has 0 aliphatic carbocycles. The Balaban J connectivity index is 2.09. The number of aliphatic hydroxyl groups is 1. The van der Waals surface area contributed by atoms with Gasteiger partial charge in [-0.15, -0.1) is 0 Å². The number of fused-ring (bicyclic) bond motifs is 2. The monoisotopic (exact) mass is 427 g/mol. The maximum absolute atomic E-state index is 14.1. The fourth-order valence-corrected chi connectivity index (χ4v) is 4.15. The molecule has 31 heavy (non-hydrogen) atoms. The van der Waals surface area contributed by atoms with Crippen LogP contribution in [0.4, 0.5) is 8.78 Å². The second kappa shape index (κ2) is 7.77. The molecule has 4 rings (SSSR count). The number of nitrogens with zero attached hydrogens (tertiary/aromatic N) is 3. The molecule has 2 aromatic heterocycles. The smallest absolute Gasteiger partial charge is 0.335 e. The minimum absolute atomic E-state index is 0.0245. The lowest BCUT2D eigenvalue weighted by Gasteiger charge is -2.17. The van der Waals surface area contributed by atoms with E-state index < -0.39 is 23.7 Å². The predicted octanol–water partition coefficient (Wildman–Crippen LogP) is 4.00. The van der Waals surface area contributed by atoms with Crippen molar-refractivity contribution in [2.45, 2.75) is 32.3 Å². The Labute approximate surface area is 177 Å². The van der Waals surface area contributed by atoms with E-state index >= 15 is 0 Å². The summed E-state index contributed by atoms with van der Waals surface area (Å²) in [5.41, 5.74) is 3.62. The molecule has 0 radical (unpaired) electrons. The number of carbonyl (C=O) groups excluding carboxylic acids is 1. The molecule has 0 aliphatic rings. The van der Waals surface area contributed by atoms with Gasteiger partial charge in [-0.05, 0) is 35.7 Å². The molecular formula is C23H23F2N3O3. The second-order valence-electron chi connectivity index (χ2n) is 7.89. The van der Waals surface area contributed by atoms with Crippen LogP contribution in [-0.4, -0.2) is 38.6 Å². The van der Waals surface area contributed by atoms with Gasteiger partial charge in [-0.3, -0.25) is 4.68 Å². The van der Waals surface area contributed by atoms with Crippen LogP contribution in [0.3, 0.4) is 0 Å². The molecule has 0 amide bonds. The number of benzene rings is 2. The fourth-order valence-electron chi connectivity index (χ4n) is 4.15. The van der Waals surface area contributed by atoms with E-state index in [0.29, 0.717) is 5.69 Å². The lowest BCUT2D eigenvalue weighted by Crippen LogP contribution is -2.24. The zero-order chi connectivity index (χ0) is 22.4. The van der Waals surface area contributed by atoms with Crippen LogP contribution in [0.15, 0.2) is 36.5 Å². The number of hydrogen-bond acceptors (Lipinski definition) is 4. The number of aliphatic hydroxyl groups excluding tert-OH is 1. The van der Waals surface area contributed by atoms with E-state index in [0.717, 1.165) is 45.2 Å². The van der Waals surface area contributed by atoms with Crippen molar-refractivity contribution in [2.75, 3.05) is 7.11 Å². The molecule has 0 saturated heterocycles. The number of aromatic nitrogens is 3. The van der Waals surface area contributed by atoms with Crippen LogP contribution in [0.2, 0.25) is 0 Å². The van der Waals surface area contributed by atoms with Crippen molar-refractivity contribution in [1.82, 2.24) is 14.3 Å². The maximum Gasteiger partial charge on any atom is 0.335 e. The lowest BCUT2D eigenvalue weighted by atomic mass is 9.98. The fraction of sp³-hybridized carbons (Fsp3) is 0.304. The Morgan fingerprint density at radius 3 is 2.55 bits per heavy atom. The largest absolute Gasteiger partial charge is 0.467 e. The zero-order valence-corrected chi connectivity index (χ0v) is 17.7. The van der Waals surface area contributed by atoms with Gasteiger partial charge in [-0.2, -0.15) is 5.10 Å². The molecule has 6 nitrogen and oxygen atoms in total. The number of rotatable bonds is 5. The summed E-state index contributed by atoms with van der Waals surface area (Å²) in [6.07, 6.45) is 0.403. The van der Waals surface area contributed by atoms with Crippen molar-refractivity contribution < 1.29 is 23.4 Å². The van der Waals surface area contributed by atoms with Gasteiger partial charge >= 0.3 is 5.97 Å². The van der Waals surface area contributed by atoms with E-state index in [4.69, 9.17) is 4.74 Å². The number of methoxy groups -OCH3 is 1. The van der Waals surface area contributed by atoms with E-state index in [1.165, 1.54) is 13.2 Å². The normalized spacial score (nSPS) is 12.8. The van der Waals surface area contributed by atoms with E-state index in [9.17, 15) is 18.7 Å². The first-order valence-electron chi connectivity index (χ1n) is 9.93. The third-order valence-electron chi connectivity index (χ3n) is 5.56. The highest BCUT2D eigenvalue weighted by Gasteiger charge is 2.26. The van der Waals surface area contributed by atoms with Gasteiger partial charge in [0.15, 0.2) is 17.7 Å². The molecule has 2 aromatic carbocycles. The highest BCUT2D eigenvalue weighted by atomic mass is 19.2. The van der Waals surface area contributed by atoms with Gasteiger partial charge < -0.3 is 14.4 Å². The minimum atomic E-state index is -1.35. The Morgan fingerprint density at radius 1 is 1.16 bits per heavy atom. The number of esters is 1. The number of hydrogen-bond donors (Lipinski definition) is 1. The van der Waals surface area contributed by atoms with Crippen LogP contribution < -0.4 is 0 Å². The van der Waals surface area contributed by atoms with Crippen LogP contribution in [0.25, 0.3) is 27.5 Å². The Kier molecular flexibility index (Phi) is 5.26. The summed E-state index contributed by atoms with van der Waals surface area (Å²) in [7, 11) is 3.05. The van der Waals surface area contributed by atoms with Crippen LogP contribution in [0.1, 0.15) is 31.0 Å². The summed E-state index contributed by atoms with van der Waals surface area (Å²) < 4.78 is 36.0. The van der Waals surface area contributed by atoms with Crippen LogP contribution in [0, 0.1) is 11.6 Å². The highest BCUT2D eigenvalue weighted by Crippen LogP contribution is 2.37. The van der Waals surface area contributed by atoms with E-state index in [-0.39, 0.29) is 12.3 Å². The number of carbonyl (C=O) groups is 1. The van der Waals surface area contributed by atoms with Crippen molar-refractivity contribution in [1.29, 1.82) is 0 Å². The standard InChI is InChI=1S/C23H23F2N3O3/c1-12(2)22-16(10-21(29)23(30)31-4)15-9-19-13(11-26-27(19)3)7-20(15)28(22)14-5-6-17(24)18(25)8-14/h5-9,11-12,21,29H,10H2,1-4H3/t21-/m1/s1. The van der Waals surface area contributed by atoms with Crippen LogP contribution >= 0.6 is 0 Å². The summed E-state index contributed by atoms with van der Waals surface area (Å²) in [5.74, 6) is -2.65. The highest BCUT2D eigenvalue weighted by molar-refractivity contribution is 5.99. The third-order valence-corrected chi connectivity index (χ3v) is 5.56. The number of halogens is 2. The van der Waals surface area contributed by atoms with Gasteiger partial charge in [0.2, 0.25) is 0 Å². The molecule has 4 aromatic rings. The molecule has 0 aliphatic heterocycles. The molecule has 2 heterocycles. The molecule has 0 bridgehead atoms. The zero-order valence-electron chi connectivity index (χ0n) is 17.7. The van der Waals surface area contributed by atoms with Gasteiger partial charge in [0, 0.05) is 41.7 Å².